The number of hydrogen-bond donors (Lipinski definition) is 2. The summed E-state index contributed by atoms with van der Waals surface area (Å²) in [7, 11) is -3.58. The highest BCUT2D eigenvalue weighted by atomic mass is 32.2. The maximum Gasteiger partial charge on any atom is 0.282 e. The molecule has 1 atom stereocenters. The van der Waals surface area contributed by atoms with Gasteiger partial charge in [-0.15, -0.1) is 11.3 Å². The van der Waals surface area contributed by atoms with E-state index >= 15 is 0 Å². The predicted molar refractivity (Wildman–Crippen MR) is 172 cm³/mol. The first-order valence-corrected chi connectivity index (χ1v) is 17.9. The Morgan fingerprint density at radius 1 is 1.11 bits per heavy atom. The third-order valence-corrected chi connectivity index (χ3v) is 9.42. The molecule has 0 spiro atoms. The summed E-state index contributed by atoms with van der Waals surface area (Å²) in [4.78, 5) is 43.4. The van der Waals surface area contributed by atoms with Crippen LogP contribution in [0.3, 0.4) is 0 Å². The van der Waals surface area contributed by atoms with Crippen LogP contribution < -0.4 is 15.2 Å². The maximum atomic E-state index is 13.2. The van der Waals surface area contributed by atoms with Crippen molar-refractivity contribution in [1.82, 2.24) is 24.5 Å². The van der Waals surface area contributed by atoms with Crippen LogP contribution in [0.4, 0.5) is 10.8 Å². The van der Waals surface area contributed by atoms with Crippen LogP contribution >= 0.6 is 23.1 Å². The number of fused-ring (bicyclic) bond motifs is 1. The van der Waals surface area contributed by atoms with Crippen molar-refractivity contribution in [2.75, 3.05) is 27.5 Å². The zero-order valence-corrected chi connectivity index (χ0v) is 26.3. The van der Waals surface area contributed by atoms with Gasteiger partial charge in [-0.25, -0.2) is 32.6 Å². The highest BCUT2D eigenvalue weighted by Crippen LogP contribution is 2.29. The van der Waals surface area contributed by atoms with Crippen LogP contribution in [0, 0.1) is 0 Å². The lowest BCUT2D eigenvalue weighted by atomic mass is 10.1. The van der Waals surface area contributed by atoms with E-state index in [0.717, 1.165) is 27.9 Å². The molecule has 1 unspecified atom stereocenters. The number of carbonyl (C=O) groups is 1. The van der Waals surface area contributed by atoms with Gasteiger partial charge < -0.3 is 5.32 Å². The molecule has 2 aromatic carbocycles. The molecule has 13 nitrogen and oxygen atoms in total. The molecule has 1 amide bonds. The number of thioether (sulfide) groups is 1. The fraction of sp³-hybridized carbons (Fsp3) is 0.185. The molecule has 0 aliphatic heterocycles. The molecule has 0 fully saturated rings. The summed E-state index contributed by atoms with van der Waals surface area (Å²) in [5, 5.41) is 5.09. The third-order valence-electron chi connectivity index (χ3n) is 6.08. The smallest absolute Gasteiger partial charge is 0.282 e. The van der Waals surface area contributed by atoms with Crippen molar-refractivity contribution in [3.63, 3.8) is 0 Å². The Kier molecular flexibility index (Phi) is 9.80. The number of carbonyl (C=O) groups excluding carboxylic acids is 1. The largest absolute Gasteiger partial charge is 0.301 e. The van der Waals surface area contributed by atoms with E-state index in [0.29, 0.717) is 34.5 Å². The van der Waals surface area contributed by atoms with Gasteiger partial charge in [0.15, 0.2) is 31.3 Å². The number of aryl methyl sites for hydroxylation is 1. The molecule has 3 heterocycles. The maximum absolute atomic E-state index is 13.2. The predicted octanol–water partition coefficient (Wildman–Crippen LogP) is 3.23. The van der Waals surface area contributed by atoms with Crippen LogP contribution in [0.15, 0.2) is 82.3 Å². The minimum atomic E-state index is -3.58. The minimum absolute atomic E-state index is 0.0588. The number of hydrogen-bond acceptors (Lipinski definition) is 11. The van der Waals surface area contributed by atoms with E-state index in [4.69, 9.17) is 0 Å². The third kappa shape index (κ3) is 7.92. The summed E-state index contributed by atoms with van der Waals surface area (Å²) < 4.78 is 47.3. The van der Waals surface area contributed by atoms with Crippen molar-refractivity contribution in [3.8, 4) is 11.3 Å². The standard InChI is InChI=1S/C27H25N7O6S4/c1-44(39,40)17-34(43(37)38)20-9-5-8-19(14-20)21-15-41-26(30-21)31-22(35)16-42-27-32-24-23(28-11-12-29-24)25(36)33(27)13-10-18-6-3-2-4-7-18/h2-9,11-12,14-15H,10,13,16-17H2,1H3,(H,37,38)(H,30,31,35). The summed E-state index contributed by atoms with van der Waals surface area (Å²) in [5.74, 6) is -1.08. The molecule has 228 valence electrons. The van der Waals surface area contributed by atoms with Crippen LogP contribution in [-0.2, 0) is 38.9 Å². The summed E-state index contributed by atoms with van der Waals surface area (Å²) in [5.41, 5.74) is 2.31. The molecule has 0 aliphatic carbocycles. The van der Waals surface area contributed by atoms with Crippen LogP contribution in [0.2, 0.25) is 0 Å². The van der Waals surface area contributed by atoms with E-state index in [1.165, 1.54) is 34.4 Å². The molecular weight excluding hydrogens is 647 g/mol. The lowest BCUT2D eigenvalue weighted by Crippen LogP contribution is -2.30. The zero-order valence-electron chi connectivity index (χ0n) is 23.1. The second-order valence-corrected chi connectivity index (χ2v) is 14.2. The van der Waals surface area contributed by atoms with Gasteiger partial charge in [0.25, 0.3) is 16.8 Å². The van der Waals surface area contributed by atoms with Crippen LogP contribution in [0.1, 0.15) is 5.56 Å². The number of aromatic nitrogens is 5. The SMILES string of the molecule is CS(=O)(=O)CN(c1cccc(-c2csc(NC(=O)CSc3nc4nccnc4c(=O)n3CCc3ccccc3)n2)c1)S(=O)O. The second kappa shape index (κ2) is 13.7. The number of benzene rings is 2. The number of sulfone groups is 1. The van der Waals surface area contributed by atoms with Crippen LogP contribution in [0.25, 0.3) is 22.4 Å². The van der Waals surface area contributed by atoms with Gasteiger partial charge in [-0.05, 0) is 24.1 Å². The van der Waals surface area contributed by atoms with Crippen molar-refractivity contribution in [2.24, 2.45) is 0 Å². The van der Waals surface area contributed by atoms with Crippen LogP contribution in [-0.4, -0.2) is 65.5 Å². The van der Waals surface area contributed by atoms with Gasteiger partial charge in [0.2, 0.25) is 5.91 Å². The Morgan fingerprint density at radius 2 is 1.89 bits per heavy atom. The Morgan fingerprint density at radius 3 is 2.64 bits per heavy atom. The quantitative estimate of drug-likeness (QED) is 0.113. The lowest BCUT2D eigenvalue weighted by Gasteiger charge is -2.19. The summed E-state index contributed by atoms with van der Waals surface area (Å²) >= 11 is -0.292. The number of rotatable bonds is 12. The minimum Gasteiger partial charge on any atom is -0.301 e. The van der Waals surface area contributed by atoms with Crippen molar-refractivity contribution < 1.29 is 22.0 Å². The van der Waals surface area contributed by atoms with Crippen molar-refractivity contribution in [3.05, 3.63) is 88.3 Å². The van der Waals surface area contributed by atoms with E-state index in [9.17, 15) is 26.8 Å². The van der Waals surface area contributed by atoms with Crippen LogP contribution in [0.5, 0.6) is 0 Å². The monoisotopic (exact) mass is 671 g/mol. The zero-order chi connectivity index (χ0) is 31.3. The van der Waals surface area contributed by atoms with E-state index in [2.05, 4.69) is 25.3 Å². The van der Waals surface area contributed by atoms with Gasteiger partial charge in [0.1, 0.15) is 5.88 Å². The number of anilines is 2. The molecule has 0 saturated carbocycles. The number of nitrogens with one attached hydrogen (secondary N) is 1. The Labute approximate surface area is 262 Å². The topological polar surface area (TPSA) is 177 Å². The van der Waals surface area contributed by atoms with Gasteiger partial charge in [0, 0.05) is 36.1 Å². The van der Waals surface area contributed by atoms with Gasteiger partial charge in [-0.3, -0.25) is 23.0 Å². The number of thiazole rings is 1. The Balaban J connectivity index is 1.29. The fourth-order valence-corrected chi connectivity index (χ4v) is 7.47. The molecule has 0 radical (unpaired) electrons. The van der Waals surface area contributed by atoms with E-state index < -0.39 is 27.0 Å². The lowest BCUT2D eigenvalue weighted by molar-refractivity contribution is -0.113. The molecule has 2 N–H and O–H groups in total. The first-order chi connectivity index (χ1) is 21.1. The van der Waals surface area contributed by atoms with Crippen molar-refractivity contribution >= 4 is 72.1 Å². The number of amides is 1. The molecular formula is C27H25N7O6S4. The Bertz CT molecular complexity index is 2000. The van der Waals surface area contributed by atoms with Gasteiger partial charge >= 0.3 is 0 Å². The molecule has 0 aliphatic rings. The molecule has 5 aromatic rings. The van der Waals surface area contributed by atoms with E-state index in [1.54, 1.807) is 23.6 Å². The summed E-state index contributed by atoms with van der Waals surface area (Å²) in [6.07, 6.45) is 4.44. The molecule has 0 bridgehead atoms. The average Bonchev–Trinajstić information content (AvgIpc) is 3.47. The summed E-state index contributed by atoms with van der Waals surface area (Å²) in [6.45, 7) is 0.340. The first kappa shape index (κ1) is 31.4. The molecule has 0 saturated heterocycles. The normalized spacial score (nSPS) is 12.2. The van der Waals surface area contributed by atoms with Gasteiger partial charge in [0.05, 0.1) is 17.1 Å². The van der Waals surface area contributed by atoms with E-state index in [-0.39, 0.29) is 34.1 Å². The molecule has 5 rings (SSSR count). The van der Waals surface area contributed by atoms with Gasteiger partial charge in [-0.2, -0.15) is 0 Å². The van der Waals surface area contributed by atoms with Crippen molar-refractivity contribution in [2.45, 2.75) is 18.1 Å². The molecule has 3 aromatic heterocycles. The first-order valence-electron chi connectivity index (χ1n) is 12.9. The molecule has 17 heteroatoms. The summed E-state index contributed by atoms with van der Waals surface area (Å²) in [6, 6.07) is 16.1. The highest BCUT2D eigenvalue weighted by Gasteiger charge is 2.20. The average molecular weight is 672 g/mol. The number of nitrogens with zero attached hydrogens (tertiary/aromatic N) is 6. The van der Waals surface area contributed by atoms with E-state index in [1.807, 2.05) is 30.3 Å². The second-order valence-electron chi connectivity index (χ2n) is 9.40. The molecule has 44 heavy (non-hydrogen) atoms. The van der Waals surface area contributed by atoms with Gasteiger partial charge in [-0.1, -0.05) is 54.2 Å². The Hall–Kier alpha value is -4.03. The highest BCUT2D eigenvalue weighted by molar-refractivity contribution is 7.99. The van der Waals surface area contributed by atoms with Crippen molar-refractivity contribution in [1.29, 1.82) is 0 Å². The fourth-order valence-electron chi connectivity index (χ4n) is 4.11.